The van der Waals surface area contributed by atoms with Crippen LogP contribution in [0, 0.1) is 5.41 Å². The molecular weight excluding hydrogens is 402 g/mol. The Hall–Kier alpha value is -1.52. The molecule has 11 heteroatoms. The Kier molecular flexibility index (Phi) is 7.54. The zero-order valence-electron chi connectivity index (χ0n) is 14.3. The Balaban J connectivity index is 0.00000364. The summed E-state index contributed by atoms with van der Waals surface area (Å²) in [7, 11) is 1.38. The Bertz CT molecular complexity index is 620. The number of amides is 1. The molecule has 1 heterocycles. The average Bonchev–Trinajstić information content (AvgIpc) is 2.54. The molecule has 1 fully saturated rings. The minimum Gasteiger partial charge on any atom is -0.384 e. The maximum atomic E-state index is 12.9. The van der Waals surface area contributed by atoms with E-state index in [1.165, 1.54) is 7.11 Å². The lowest BCUT2D eigenvalue weighted by Gasteiger charge is -2.35. The van der Waals surface area contributed by atoms with Crippen LogP contribution < -0.4 is 10.6 Å². The first-order chi connectivity index (χ1) is 12.0. The number of ether oxygens (including phenoxy) is 1. The largest absolute Gasteiger partial charge is 0.416 e. The van der Waals surface area contributed by atoms with Crippen molar-refractivity contribution in [2.75, 3.05) is 32.1 Å². The van der Waals surface area contributed by atoms with Gasteiger partial charge in [-0.2, -0.15) is 26.3 Å². The molecule has 154 valence electrons. The SMILES string of the molecule is COCC1(C(=O)Nc2cc(C(F)(F)F)cc(C(F)(F)F)c2)CCNCC1.Cl. The molecule has 0 saturated carbocycles. The van der Waals surface area contributed by atoms with Gasteiger partial charge in [0.25, 0.3) is 0 Å². The van der Waals surface area contributed by atoms with E-state index in [4.69, 9.17) is 4.74 Å². The van der Waals surface area contributed by atoms with Crippen LogP contribution in [0.25, 0.3) is 0 Å². The molecule has 2 rings (SSSR count). The summed E-state index contributed by atoms with van der Waals surface area (Å²) in [6, 6.07) is 1.01. The van der Waals surface area contributed by atoms with Crippen LogP contribution in [0.2, 0.25) is 0 Å². The molecular formula is C16H19ClF6N2O2. The van der Waals surface area contributed by atoms with Gasteiger partial charge < -0.3 is 15.4 Å². The summed E-state index contributed by atoms with van der Waals surface area (Å²) in [5.74, 6) is -0.659. The number of nitrogens with one attached hydrogen (secondary N) is 2. The molecule has 1 aliphatic rings. The van der Waals surface area contributed by atoms with Gasteiger partial charge in [-0.1, -0.05) is 0 Å². The maximum Gasteiger partial charge on any atom is 0.416 e. The molecule has 1 saturated heterocycles. The van der Waals surface area contributed by atoms with Gasteiger partial charge in [0.2, 0.25) is 5.91 Å². The lowest BCUT2D eigenvalue weighted by atomic mass is 9.78. The molecule has 0 radical (unpaired) electrons. The van der Waals surface area contributed by atoms with Crippen molar-refractivity contribution < 1.29 is 35.9 Å². The summed E-state index contributed by atoms with van der Waals surface area (Å²) < 4.78 is 82.5. The molecule has 1 amide bonds. The number of benzene rings is 1. The summed E-state index contributed by atoms with van der Waals surface area (Å²) in [4.78, 5) is 12.6. The topological polar surface area (TPSA) is 50.4 Å². The maximum absolute atomic E-state index is 12.9. The third-order valence-electron chi connectivity index (χ3n) is 4.31. The number of hydrogen-bond acceptors (Lipinski definition) is 3. The van der Waals surface area contributed by atoms with Crippen LogP contribution in [0.15, 0.2) is 18.2 Å². The lowest BCUT2D eigenvalue weighted by Crippen LogP contribution is -2.47. The van der Waals surface area contributed by atoms with E-state index < -0.39 is 40.5 Å². The standard InChI is InChI=1S/C16H18F6N2O2.ClH/c1-26-9-14(2-4-23-5-3-14)13(25)24-12-7-10(15(17,18)19)6-11(8-12)16(20,21)22;/h6-8,23H,2-5,9H2,1H3,(H,24,25);1H. The van der Waals surface area contributed by atoms with E-state index in [1.807, 2.05) is 0 Å². The molecule has 0 spiro atoms. The molecule has 1 aromatic carbocycles. The van der Waals surface area contributed by atoms with Crippen LogP contribution in [0.4, 0.5) is 32.0 Å². The van der Waals surface area contributed by atoms with Gasteiger partial charge in [-0.15, -0.1) is 12.4 Å². The monoisotopic (exact) mass is 420 g/mol. The van der Waals surface area contributed by atoms with Gasteiger partial charge >= 0.3 is 12.4 Å². The van der Waals surface area contributed by atoms with Gasteiger partial charge in [0.05, 0.1) is 23.1 Å². The van der Waals surface area contributed by atoms with Crippen LogP contribution in [0.1, 0.15) is 24.0 Å². The molecule has 4 nitrogen and oxygen atoms in total. The van der Waals surface area contributed by atoms with E-state index in [1.54, 1.807) is 0 Å². The summed E-state index contributed by atoms with van der Waals surface area (Å²) in [6.45, 7) is 1.01. The number of methoxy groups -OCH3 is 1. The Morgan fingerprint density at radius 3 is 1.96 bits per heavy atom. The van der Waals surface area contributed by atoms with Gasteiger partial charge in [0, 0.05) is 12.8 Å². The molecule has 0 aromatic heterocycles. The number of piperidine rings is 1. The van der Waals surface area contributed by atoms with Crippen molar-refractivity contribution in [3.63, 3.8) is 0 Å². The first kappa shape index (κ1) is 23.5. The number of halogens is 7. The van der Waals surface area contributed by atoms with Gasteiger partial charge in [0.15, 0.2) is 0 Å². The fraction of sp³-hybridized carbons (Fsp3) is 0.562. The summed E-state index contributed by atoms with van der Waals surface area (Å²) in [5.41, 5.74) is -4.51. The van der Waals surface area contributed by atoms with E-state index in [0.29, 0.717) is 38.1 Å². The first-order valence-electron chi connectivity index (χ1n) is 7.78. The van der Waals surface area contributed by atoms with E-state index in [-0.39, 0.29) is 25.1 Å². The van der Waals surface area contributed by atoms with Crippen LogP contribution in [-0.2, 0) is 21.9 Å². The van der Waals surface area contributed by atoms with Crippen LogP contribution in [0.5, 0.6) is 0 Å². The average molecular weight is 421 g/mol. The molecule has 1 aliphatic heterocycles. The second kappa shape index (κ2) is 8.66. The first-order valence-corrected chi connectivity index (χ1v) is 7.78. The molecule has 0 atom stereocenters. The van der Waals surface area contributed by atoms with Crippen molar-refractivity contribution in [1.29, 1.82) is 0 Å². The minimum atomic E-state index is -4.97. The highest BCUT2D eigenvalue weighted by Crippen LogP contribution is 2.38. The Morgan fingerprint density at radius 1 is 1.07 bits per heavy atom. The second-order valence-electron chi connectivity index (χ2n) is 6.21. The van der Waals surface area contributed by atoms with Crippen molar-refractivity contribution in [1.82, 2.24) is 5.32 Å². The molecule has 27 heavy (non-hydrogen) atoms. The third-order valence-corrected chi connectivity index (χ3v) is 4.31. The predicted octanol–water partition coefficient (Wildman–Crippen LogP) is 4.10. The Morgan fingerprint density at radius 2 is 1.56 bits per heavy atom. The second-order valence-corrected chi connectivity index (χ2v) is 6.21. The number of rotatable bonds is 4. The van der Waals surface area contributed by atoms with Gasteiger partial charge in [0.1, 0.15) is 0 Å². The zero-order valence-corrected chi connectivity index (χ0v) is 15.1. The molecule has 0 unspecified atom stereocenters. The lowest BCUT2D eigenvalue weighted by molar-refractivity contribution is -0.143. The van der Waals surface area contributed by atoms with Gasteiger partial charge in [-0.05, 0) is 44.1 Å². The van der Waals surface area contributed by atoms with E-state index in [9.17, 15) is 31.1 Å². The summed E-state index contributed by atoms with van der Waals surface area (Å²) >= 11 is 0. The van der Waals surface area contributed by atoms with Gasteiger partial charge in [-0.25, -0.2) is 0 Å². The van der Waals surface area contributed by atoms with Crippen molar-refractivity contribution in [3.8, 4) is 0 Å². The molecule has 0 aliphatic carbocycles. The van der Waals surface area contributed by atoms with Crippen molar-refractivity contribution in [2.24, 2.45) is 5.41 Å². The smallest absolute Gasteiger partial charge is 0.384 e. The van der Waals surface area contributed by atoms with Crippen molar-refractivity contribution in [3.05, 3.63) is 29.3 Å². The molecule has 0 bridgehead atoms. The van der Waals surface area contributed by atoms with E-state index in [0.717, 1.165) is 0 Å². The predicted molar refractivity (Wildman–Crippen MR) is 88.7 cm³/mol. The van der Waals surface area contributed by atoms with Crippen molar-refractivity contribution >= 4 is 24.0 Å². The third kappa shape index (κ3) is 5.73. The number of hydrogen-bond donors (Lipinski definition) is 2. The number of carbonyl (C=O) groups is 1. The zero-order chi connectivity index (χ0) is 19.6. The van der Waals surface area contributed by atoms with Crippen LogP contribution in [-0.4, -0.2) is 32.7 Å². The molecule has 2 N–H and O–H groups in total. The van der Waals surface area contributed by atoms with E-state index in [2.05, 4.69) is 10.6 Å². The molecule has 1 aromatic rings. The fourth-order valence-electron chi connectivity index (χ4n) is 2.91. The van der Waals surface area contributed by atoms with Gasteiger partial charge in [-0.3, -0.25) is 4.79 Å². The summed E-state index contributed by atoms with van der Waals surface area (Å²) in [5, 5.41) is 5.26. The number of carbonyl (C=O) groups excluding carboxylic acids is 1. The summed E-state index contributed by atoms with van der Waals surface area (Å²) in [6.07, 6.45) is -9.23. The minimum absolute atomic E-state index is 0. The van der Waals surface area contributed by atoms with Crippen LogP contribution in [0.3, 0.4) is 0 Å². The number of alkyl halides is 6. The number of anilines is 1. The fourth-order valence-corrected chi connectivity index (χ4v) is 2.91. The Labute approximate surface area is 158 Å². The van der Waals surface area contributed by atoms with Crippen LogP contribution >= 0.6 is 12.4 Å². The quantitative estimate of drug-likeness (QED) is 0.721. The van der Waals surface area contributed by atoms with E-state index >= 15 is 0 Å². The highest BCUT2D eigenvalue weighted by molar-refractivity contribution is 5.95. The highest BCUT2D eigenvalue weighted by Gasteiger charge is 2.41. The van der Waals surface area contributed by atoms with Crippen molar-refractivity contribution in [2.45, 2.75) is 25.2 Å². The highest BCUT2D eigenvalue weighted by atomic mass is 35.5. The normalized spacial score (nSPS) is 17.1.